The molecule has 0 amide bonds. The molecule has 0 spiro atoms. The fourth-order valence-electron chi connectivity index (χ4n) is 4.04. The predicted octanol–water partition coefficient (Wildman–Crippen LogP) is 0.867. The summed E-state index contributed by atoms with van der Waals surface area (Å²) in [5.74, 6) is 0.501. The van der Waals surface area contributed by atoms with Gasteiger partial charge in [-0.25, -0.2) is 28.1 Å². The van der Waals surface area contributed by atoms with Crippen molar-refractivity contribution in [3.8, 4) is 11.4 Å². The van der Waals surface area contributed by atoms with Crippen molar-refractivity contribution in [3.05, 3.63) is 71.9 Å². The summed E-state index contributed by atoms with van der Waals surface area (Å²) in [4.78, 5) is 13.1. The van der Waals surface area contributed by atoms with Crippen molar-refractivity contribution in [2.45, 2.75) is 24.5 Å². The van der Waals surface area contributed by atoms with Gasteiger partial charge in [0.05, 0.1) is 6.33 Å². The Bertz CT molecular complexity index is 1560. The average Bonchev–Trinajstić information content (AvgIpc) is 3.44. The van der Waals surface area contributed by atoms with Crippen molar-refractivity contribution in [3.63, 3.8) is 0 Å². The topological polar surface area (TPSA) is 191 Å². The van der Waals surface area contributed by atoms with E-state index in [9.17, 15) is 18.6 Å². The first-order valence-electron chi connectivity index (χ1n) is 11.3. The number of aromatic nitrogens is 4. The number of nitrogens with one attached hydrogen (secondary N) is 1. The minimum atomic E-state index is -3.89. The molecule has 1 saturated heterocycles. The van der Waals surface area contributed by atoms with Crippen LogP contribution in [0.15, 0.2) is 66.3 Å². The smallest absolute Gasteiger partial charge is 0.233 e. The van der Waals surface area contributed by atoms with E-state index in [-0.39, 0.29) is 12.4 Å². The largest absolute Gasteiger partial charge is 0.398 e. The maximum absolute atomic E-state index is 12.5. The molecule has 12 nitrogen and oxygen atoms in total. The van der Waals surface area contributed by atoms with Crippen LogP contribution in [0.3, 0.4) is 0 Å². The molecule has 13 heteroatoms. The summed E-state index contributed by atoms with van der Waals surface area (Å²) in [5, 5.41) is 22.3. The zero-order valence-corrected chi connectivity index (χ0v) is 20.2. The molecule has 0 radical (unpaired) electrons. The van der Waals surface area contributed by atoms with Crippen LogP contribution in [-0.2, 0) is 14.8 Å². The van der Waals surface area contributed by atoms with Crippen LogP contribution in [0, 0.1) is 0 Å². The van der Waals surface area contributed by atoms with E-state index < -0.39 is 34.6 Å². The molecular formula is C24H25N7O5S. The third-order valence-corrected chi connectivity index (χ3v) is 7.06. The standard InChI is InChI=1S/C24H25N7O5S/c25-16-9-5-4-6-14(16)10-11-37(34,35)28-12-17-19(32)20(33)24(36-17)31-13-27-18-21(26)29-22(30-23(18)31)15-7-2-1-3-8-15/h1-11,13,17,19-20,24,28,32-33H,12,25H2,(H2,26,29,30)/b11-10+/t17-,19-,20-,24-/m1/s1. The second-order valence-electron chi connectivity index (χ2n) is 8.49. The second-order valence-corrected chi connectivity index (χ2v) is 10.1. The van der Waals surface area contributed by atoms with E-state index in [1.54, 1.807) is 24.3 Å². The number of rotatable bonds is 7. The number of fused-ring (bicyclic) bond motifs is 1. The number of para-hydroxylation sites is 1. The molecular weight excluding hydrogens is 498 g/mol. The highest BCUT2D eigenvalue weighted by Gasteiger charge is 2.44. The number of sulfonamides is 1. The van der Waals surface area contributed by atoms with Gasteiger partial charge in [0.15, 0.2) is 23.5 Å². The van der Waals surface area contributed by atoms with Crippen LogP contribution in [0.25, 0.3) is 28.6 Å². The Kier molecular flexibility index (Phi) is 6.62. The van der Waals surface area contributed by atoms with Crippen molar-refractivity contribution in [1.29, 1.82) is 0 Å². The molecule has 1 fully saturated rings. The SMILES string of the molecule is Nc1ccccc1/C=C/S(=O)(=O)NC[C@H]1O[C@@H](n2cnc3c(N)nc(-c4ccccc4)nc32)[C@H](O)[C@@H]1O. The second kappa shape index (κ2) is 9.88. The number of nitrogens with zero attached hydrogens (tertiary/aromatic N) is 4. The zero-order chi connectivity index (χ0) is 26.2. The first kappa shape index (κ1) is 24.8. The van der Waals surface area contributed by atoms with E-state index in [1.165, 1.54) is 17.0 Å². The molecule has 1 aliphatic rings. The van der Waals surface area contributed by atoms with Gasteiger partial charge in [-0.05, 0) is 17.7 Å². The first-order chi connectivity index (χ1) is 17.7. The molecule has 0 aliphatic carbocycles. The highest BCUT2D eigenvalue weighted by Crippen LogP contribution is 2.33. The average molecular weight is 524 g/mol. The van der Waals surface area contributed by atoms with Crippen LogP contribution in [-0.4, -0.2) is 63.0 Å². The van der Waals surface area contributed by atoms with Gasteiger partial charge < -0.3 is 26.4 Å². The van der Waals surface area contributed by atoms with E-state index in [0.717, 1.165) is 11.0 Å². The number of anilines is 2. The quantitative estimate of drug-likeness (QED) is 0.217. The maximum atomic E-state index is 12.5. The summed E-state index contributed by atoms with van der Waals surface area (Å²) < 4.78 is 34.6. The summed E-state index contributed by atoms with van der Waals surface area (Å²) in [6.45, 7) is -0.287. The Hall–Kier alpha value is -3.88. The lowest BCUT2D eigenvalue weighted by Gasteiger charge is -2.17. The number of benzene rings is 2. The third kappa shape index (κ3) is 5.03. The van der Waals surface area contributed by atoms with Crippen molar-refractivity contribution >= 4 is 38.8 Å². The van der Waals surface area contributed by atoms with Crippen molar-refractivity contribution in [2.24, 2.45) is 0 Å². The fourth-order valence-corrected chi connectivity index (χ4v) is 4.86. The number of aliphatic hydroxyl groups excluding tert-OH is 2. The molecule has 4 aromatic rings. The zero-order valence-electron chi connectivity index (χ0n) is 19.4. The molecule has 2 aromatic carbocycles. The summed E-state index contributed by atoms with van der Waals surface area (Å²) in [6.07, 6.45) is -2.16. The van der Waals surface area contributed by atoms with E-state index in [2.05, 4.69) is 19.7 Å². The predicted molar refractivity (Wildman–Crippen MR) is 138 cm³/mol. The lowest BCUT2D eigenvalue weighted by atomic mass is 10.1. The normalized spacial score (nSPS) is 22.2. The van der Waals surface area contributed by atoms with Crippen LogP contribution in [0.5, 0.6) is 0 Å². The van der Waals surface area contributed by atoms with Gasteiger partial charge in [-0.15, -0.1) is 0 Å². The first-order valence-corrected chi connectivity index (χ1v) is 12.9. The van der Waals surface area contributed by atoms with Gasteiger partial charge in [-0.2, -0.15) is 0 Å². The lowest BCUT2D eigenvalue weighted by molar-refractivity contribution is -0.0329. The Morgan fingerprint density at radius 2 is 1.76 bits per heavy atom. The van der Waals surface area contributed by atoms with Crippen LogP contribution in [0.2, 0.25) is 0 Å². The van der Waals surface area contributed by atoms with Gasteiger partial charge in [0.25, 0.3) is 0 Å². The molecule has 2 aromatic heterocycles. The monoisotopic (exact) mass is 523 g/mol. The number of imidazole rings is 1. The van der Waals surface area contributed by atoms with Crippen LogP contribution in [0.1, 0.15) is 11.8 Å². The minimum Gasteiger partial charge on any atom is -0.398 e. The number of aliphatic hydroxyl groups is 2. The van der Waals surface area contributed by atoms with Gasteiger partial charge in [0.2, 0.25) is 10.0 Å². The molecule has 5 rings (SSSR count). The third-order valence-electron chi connectivity index (χ3n) is 6.00. The van der Waals surface area contributed by atoms with Crippen molar-refractivity contribution < 1.29 is 23.4 Å². The molecule has 192 valence electrons. The summed E-state index contributed by atoms with van der Waals surface area (Å²) in [7, 11) is -3.89. The van der Waals surface area contributed by atoms with E-state index >= 15 is 0 Å². The number of hydrogen-bond acceptors (Lipinski definition) is 10. The van der Waals surface area contributed by atoms with Gasteiger partial charge in [-0.1, -0.05) is 48.5 Å². The van der Waals surface area contributed by atoms with Crippen LogP contribution < -0.4 is 16.2 Å². The molecule has 37 heavy (non-hydrogen) atoms. The van der Waals surface area contributed by atoms with Crippen molar-refractivity contribution in [1.82, 2.24) is 24.2 Å². The van der Waals surface area contributed by atoms with Gasteiger partial charge in [-0.3, -0.25) is 4.57 Å². The summed E-state index contributed by atoms with van der Waals surface area (Å²) in [5.41, 5.74) is 14.3. The van der Waals surface area contributed by atoms with E-state index in [0.29, 0.717) is 28.2 Å². The number of nitrogen functional groups attached to an aromatic ring is 2. The number of ether oxygens (including phenoxy) is 1. The van der Waals surface area contributed by atoms with Crippen molar-refractivity contribution in [2.75, 3.05) is 18.0 Å². The maximum Gasteiger partial charge on any atom is 0.233 e. The molecule has 4 atom stereocenters. The molecule has 1 aliphatic heterocycles. The summed E-state index contributed by atoms with van der Waals surface area (Å²) in [6, 6.07) is 16.0. The van der Waals surface area contributed by atoms with Gasteiger partial charge in [0.1, 0.15) is 23.8 Å². The Balaban J connectivity index is 1.34. The fraction of sp³-hybridized carbons (Fsp3) is 0.208. The molecule has 0 saturated carbocycles. The van der Waals surface area contributed by atoms with Gasteiger partial charge >= 0.3 is 0 Å². The van der Waals surface area contributed by atoms with Crippen LogP contribution >= 0.6 is 0 Å². The number of nitrogens with two attached hydrogens (primary N) is 2. The number of hydrogen-bond donors (Lipinski definition) is 5. The minimum absolute atomic E-state index is 0.144. The van der Waals surface area contributed by atoms with Gasteiger partial charge in [0, 0.05) is 23.2 Å². The molecule has 3 heterocycles. The molecule has 7 N–H and O–H groups in total. The van der Waals surface area contributed by atoms with Crippen LogP contribution in [0.4, 0.5) is 11.5 Å². The Labute approximate surface area is 212 Å². The molecule has 0 bridgehead atoms. The highest BCUT2D eigenvalue weighted by atomic mass is 32.2. The Morgan fingerprint density at radius 1 is 1.03 bits per heavy atom. The van der Waals surface area contributed by atoms with E-state index in [1.807, 2.05) is 30.3 Å². The highest BCUT2D eigenvalue weighted by molar-refractivity contribution is 7.92. The molecule has 0 unspecified atom stereocenters. The van der Waals surface area contributed by atoms with E-state index in [4.69, 9.17) is 16.2 Å². The summed E-state index contributed by atoms with van der Waals surface area (Å²) >= 11 is 0. The lowest BCUT2D eigenvalue weighted by Crippen LogP contribution is -2.39. The Morgan fingerprint density at radius 3 is 2.51 bits per heavy atom.